The fraction of sp³-hybridized carbons (Fsp3) is 0.471. The van der Waals surface area contributed by atoms with E-state index in [4.69, 9.17) is 0 Å². The van der Waals surface area contributed by atoms with Crippen molar-refractivity contribution in [2.24, 2.45) is 5.41 Å². The van der Waals surface area contributed by atoms with Crippen LogP contribution < -0.4 is 5.32 Å². The summed E-state index contributed by atoms with van der Waals surface area (Å²) in [4.78, 5) is 37.9. The van der Waals surface area contributed by atoms with Gasteiger partial charge in [0.2, 0.25) is 11.8 Å². The minimum Gasteiger partial charge on any atom is -0.465 e. The molecule has 0 aliphatic heterocycles. The van der Waals surface area contributed by atoms with Crippen molar-refractivity contribution in [3.63, 3.8) is 0 Å². The summed E-state index contributed by atoms with van der Waals surface area (Å²) in [5.41, 5.74) is -0.264. The van der Waals surface area contributed by atoms with Crippen molar-refractivity contribution >= 4 is 23.5 Å². The second kappa shape index (κ2) is 7.76. The molecule has 0 heterocycles. The van der Waals surface area contributed by atoms with Crippen LogP contribution in [0.1, 0.15) is 38.1 Å². The Hall–Kier alpha value is -2.37. The second-order valence-electron chi connectivity index (χ2n) is 5.63. The number of carbonyl (C=O) groups excluding carboxylic acids is 3. The molecule has 1 aromatic carbocycles. The van der Waals surface area contributed by atoms with Gasteiger partial charge in [0, 0.05) is 18.8 Å². The van der Waals surface area contributed by atoms with Gasteiger partial charge in [-0.15, -0.1) is 0 Å². The summed E-state index contributed by atoms with van der Waals surface area (Å²) in [7, 11) is 1.30. The lowest BCUT2D eigenvalue weighted by Gasteiger charge is -2.29. The van der Waals surface area contributed by atoms with Crippen LogP contribution in [0.2, 0.25) is 0 Å². The zero-order valence-corrected chi connectivity index (χ0v) is 14.3. The standard InChI is InChI=1S/C17H24N2O4/c1-6-19(7-2)16(22)17(3,4)15(21)18-13-10-8-12(9-11-13)14(20)23-5/h8-11H,6-7H2,1-5H3,(H,18,21). The van der Waals surface area contributed by atoms with E-state index in [1.165, 1.54) is 7.11 Å². The highest BCUT2D eigenvalue weighted by Gasteiger charge is 2.38. The van der Waals surface area contributed by atoms with Crippen LogP contribution in [0, 0.1) is 5.41 Å². The summed E-state index contributed by atoms with van der Waals surface area (Å²) in [5.74, 6) is -1.05. The highest BCUT2D eigenvalue weighted by molar-refractivity contribution is 6.09. The van der Waals surface area contributed by atoms with E-state index < -0.39 is 11.4 Å². The molecule has 0 radical (unpaired) electrons. The molecule has 6 heteroatoms. The molecular weight excluding hydrogens is 296 g/mol. The van der Waals surface area contributed by atoms with E-state index in [0.29, 0.717) is 24.3 Å². The monoisotopic (exact) mass is 320 g/mol. The molecule has 126 valence electrons. The topological polar surface area (TPSA) is 75.7 Å². The van der Waals surface area contributed by atoms with Gasteiger partial charge in [0.1, 0.15) is 5.41 Å². The van der Waals surface area contributed by atoms with Gasteiger partial charge in [0.25, 0.3) is 0 Å². The van der Waals surface area contributed by atoms with Crippen molar-refractivity contribution in [1.82, 2.24) is 4.90 Å². The van der Waals surface area contributed by atoms with E-state index in [-0.39, 0.29) is 11.8 Å². The van der Waals surface area contributed by atoms with E-state index in [0.717, 1.165) is 0 Å². The number of anilines is 1. The molecule has 0 atom stereocenters. The first-order valence-corrected chi connectivity index (χ1v) is 7.57. The fourth-order valence-corrected chi connectivity index (χ4v) is 2.10. The fourth-order valence-electron chi connectivity index (χ4n) is 2.10. The quantitative estimate of drug-likeness (QED) is 0.644. The minimum absolute atomic E-state index is 0.216. The maximum atomic E-state index is 12.4. The normalized spacial score (nSPS) is 10.8. The number of rotatable bonds is 6. The van der Waals surface area contributed by atoms with Crippen molar-refractivity contribution in [3.05, 3.63) is 29.8 Å². The molecule has 0 aromatic heterocycles. The number of hydrogen-bond acceptors (Lipinski definition) is 4. The zero-order chi connectivity index (χ0) is 17.6. The number of nitrogens with zero attached hydrogens (tertiary/aromatic N) is 1. The third-order valence-corrected chi connectivity index (χ3v) is 3.72. The summed E-state index contributed by atoms with van der Waals surface area (Å²) >= 11 is 0. The molecule has 1 aromatic rings. The number of amides is 2. The van der Waals surface area contributed by atoms with E-state index in [9.17, 15) is 14.4 Å². The number of benzene rings is 1. The summed E-state index contributed by atoms with van der Waals surface area (Å²) in [6, 6.07) is 6.31. The predicted octanol–water partition coefficient (Wildman–Crippen LogP) is 2.31. The van der Waals surface area contributed by atoms with Gasteiger partial charge in [0.05, 0.1) is 12.7 Å². The minimum atomic E-state index is -1.17. The average molecular weight is 320 g/mol. The van der Waals surface area contributed by atoms with Gasteiger partial charge in [-0.2, -0.15) is 0 Å². The van der Waals surface area contributed by atoms with Crippen molar-refractivity contribution in [2.45, 2.75) is 27.7 Å². The van der Waals surface area contributed by atoms with E-state index in [2.05, 4.69) is 10.1 Å². The van der Waals surface area contributed by atoms with Gasteiger partial charge in [-0.3, -0.25) is 9.59 Å². The second-order valence-corrected chi connectivity index (χ2v) is 5.63. The van der Waals surface area contributed by atoms with Crippen molar-refractivity contribution < 1.29 is 19.1 Å². The molecule has 0 aliphatic carbocycles. The Balaban J connectivity index is 2.85. The molecule has 0 spiro atoms. The molecule has 1 rings (SSSR count). The number of methoxy groups -OCH3 is 1. The Morgan fingerprint density at radius 2 is 1.61 bits per heavy atom. The van der Waals surface area contributed by atoms with Crippen LogP contribution in [0.4, 0.5) is 5.69 Å². The van der Waals surface area contributed by atoms with Crippen LogP contribution in [-0.2, 0) is 14.3 Å². The van der Waals surface area contributed by atoms with Crippen LogP contribution in [0.5, 0.6) is 0 Å². The van der Waals surface area contributed by atoms with Gasteiger partial charge < -0.3 is 15.0 Å². The molecule has 0 saturated heterocycles. The molecule has 0 bridgehead atoms. The maximum Gasteiger partial charge on any atom is 0.337 e. The average Bonchev–Trinajstić information content (AvgIpc) is 2.55. The number of nitrogens with one attached hydrogen (secondary N) is 1. The van der Waals surface area contributed by atoms with Crippen LogP contribution >= 0.6 is 0 Å². The molecule has 0 fully saturated rings. The molecule has 2 amide bonds. The highest BCUT2D eigenvalue weighted by Crippen LogP contribution is 2.22. The van der Waals surface area contributed by atoms with Crippen LogP contribution in [0.15, 0.2) is 24.3 Å². The summed E-state index contributed by atoms with van der Waals surface area (Å²) in [6.45, 7) is 8.07. The van der Waals surface area contributed by atoms with Gasteiger partial charge in [-0.1, -0.05) is 0 Å². The number of esters is 1. The lowest BCUT2D eigenvalue weighted by atomic mass is 9.90. The smallest absolute Gasteiger partial charge is 0.337 e. The third-order valence-electron chi connectivity index (χ3n) is 3.72. The van der Waals surface area contributed by atoms with Gasteiger partial charge in [0.15, 0.2) is 0 Å². The van der Waals surface area contributed by atoms with Crippen LogP contribution in [0.25, 0.3) is 0 Å². The molecule has 0 saturated carbocycles. The van der Waals surface area contributed by atoms with E-state index >= 15 is 0 Å². The molecule has 23 heavy (non-hydrogen) atoms. The van der Waals surface area contributed by atoms with Crippen molar-refractivity contribution in [3.8, 4) is 0 Å². The summed E-state index contributed by atoms with van der Waals surface area (Å²) in [5, 5.41) is 2.71. The Bertz CT molecular complexity index is 575. The van der Waals surface area contributed by atoms with Crippen molar-refractivity contribution in [1.29, 1.82) is 0 Å². The summed E-state index contributed by atoms with van der Waals surface area (Å²) < 4.78 is 4.62. The highest BCUT2D eigenvalue weighted by atomic mass is 16.5. The summed E-state index contributed by atoms with van der Waals surface area (Å²) in [6.07, 6.45) is 0. The van der Waals surface area contributed by atoms with Crippen LogP contribution in [-0.4, -0.2) is 42.9 Å². The lowest BCUT2D eigenvalue weighted by molar-refractivity contribution is -0.146. The Morgan fingerprint density at radius 1 is 1.09 bits per heavy atom. The van der Waals surface area contributed by atoms with Crippen molar-refractivity contribution in [2.75, 3.05) is 25.5 Å². The first kappa shape index (κ1) is 18.7. The molecular formula is C17H24N2O4. The first-order chi connectivity index (χ1) is 10.8. The van der Waals surface area contributed by atoms with E-state index in [1.807, 2.05) is 13.8 Å². The zero-order valence-electron chi connectivity index (χ0n) is 14.3. The third kappa shape index (κ3) is 4.31. The van der Waals surface area contributed by atoms with Gasteiger partial charge >= 0.3 is 5.97 Å². The lowest BCUT2D eigenvalue weighted by Crippen LogP contribution is -2.47. The predicted molar refractivity (Wildman–Crippen MR) is 88.1 cm³/mol. The Labute approximate surface area is 136 Å². The van der Waals surface area contributed by atoms with Gasteiger partial charge in [-0.25, -0.2) is 4.79 Å². The van der Waals surface area contributed by atoms with E-state index in [1.54, 1.807) is 43.0 Å². The molecule has 0 aliphatic rings. The largest absolute Gasteiger partial charge is 0.465 e. The SMILES string of the molecule is CCN(CC)C(=O)C(C)(C)C(=O)Nc1ccc(C(=O)OC)cc1. The molecule has 0 unspecified atom stereocenters. The molecule has 1 N–H and O–H groups in total. The number of ether oxygens (including phenoxy) is 1. The molecule has 6 nitrogen and oxygen atoms in total. The maximum absolute atomic E-state index is 12.4. The Kier molecular flexibility index (Phi) is 6.30. The number of carbonyl (C=O) groups is 3. The Morgan fingerprint density at radius 3 is 2.04 bits per heavy atom. The first-order valence-electron chi connectivity index (χ1n) is 7.57. The van der Waals surface area contributed by atoms with Gasteiger partial charge in [-0.05, 0) is 52.0 Å². The van der Waals surface area contributed by atoms with Crippen LogP contribution in [0.3, 0.4) is 0 Å². The number of hydrogen-bond donors (Lipinski definition) is 1.